The molecule has 0 radical (unpaired) electrons. The van der Waals surface area contributed by atoms with E-state index in [9.17, 15) is 14.4 Å². The van der Waals surface area contributed by atoms with Crippen LogP contribution in [0.2, 0.25) is 0 Å². The SMILES string of the molecule is CC(=O)CC(=O)C1CCCC1C(=O)O. The van der Waals surface area contributed by atoms with Gasteiger partial charge in [0.05, 0.1) is 12.3 Å². The monoisotopic (exact) mass is 198 g/mol. The molecule has 2 unspecified atom stereocenters. The normalized spacial score (nSPS) is 26.1. The molecule has 0 aromatic rings. The van der Waals surface area contributed by atoms with E-state index in [1.54, 1.807) is 0 Å². The topological polar surface area (TPSA) is 71.4 Å². The molecule has 4 heteroatoms. The van der Waals surface area contributed by atoms with Crippen LogP contribution in [-0.4, -0.2) is 22.6 Å². The Morgan fingerprint density at radius 3 is 2.29 bits per heavy atom. The second-order valence-electron chi connectivity index (χ2n) is 3.83. The number of hydrogen-bond acceptors (Lipinski definition) is 3. The van der Waals surface area contributed by atoms with Gasteiger partial charge in [-0.2, -0.15) is 0 Å². The number of carboxylic acid groups (broad SMARTS) is 1. The van der Waals surface area contributed by atoms with Crippen LogP contribution in [0.1, 0.15) is 32.6 Å². The van der Waals surface area contributed by atoms with Crippen LogP contribution in [0.4, 0.5) is 0 Å². The smallest absolute Gasteiger partial charge is 0.307 e. The molecule has 1 rings (SSSR count). The van der Waals surface area contributed by atoms with Crippen molar-refractivity contribution < 1.29 is 19.5 Å². The zero-order chi connectivity index (χ0) is 10.7. The van der Waals surface area contributed by atoms with E-state index in [0.717, 1.165) is 6.42 Å². The predicted octanol–water partition coefficient (Wildman–Crippen LogP) is 1.04. The van der Waals surface area contributed by atoms with Gasteiger partial charge in [-0.25, -0.2) is 0 Å². The molecule has 1 saturated carbocycles. The Kier molecular flexibility index (Phi) is 3.38. The van der Waals surface area contributed by atoms with Crippen LogP contribution in [-0.2, 0) is 14.4 Å². The molecule has 0 spiro atoms. The zero-order valence-corrected chi connectivity index (χ0v) is 8.16. The van der Waals surface area contributed by atoms with E-state index in [1.807, 2.05) is 0 Å². The molecule has 0 aliphatic heterocycles. The molecular weight excluding hydrogens is 184 g/mol. The highest BCUT2D eigenvalue weighted by atomic mass is 16.4. The molecule has 0 amide bonds. The molecule has 0 heterocycles. The van der Waals surface area contributed by atoms with Crippen molar-refractivity contribution in [2.24, 2.45) is 11.8 Å². The van der Waals surface area contributed by atoms with Gasteiger partial charge in [0.25, 0.3) is 0 Å². The highest BCUT2D eigenvalue weighted by Crippen LogP contribution is 2.33. The summed E-state index contributed by atoms with van der Waals surface area (Å²) >= 11 is 0. The minimum atomic E-state index is -0.913. The summed E-state index contributed by atoms with van der Waals surface area (Å²) in [5, 5.41) is 8.83. The van der Waals surface area contributed by atoms with Gasteiger partial charge >= 0.3 is 5.97 Å². The van der Waals surface area contributed by atoms with Gasteiger partial charge in [0.1, 0.15) is 11.6 Å². The number of hydrogen-bond donors (Lipinski definition) is 1. The third kappa shape index (κ3) is 2.40. The van der Waals surface area contributed by atoms with Crippen LogP contribution < -0.4 is 0 Å². The number of Topliss-reactive ketones (excluding diaryl/α,β-unsaturated/α-hetero) is 2. The van der Waals surface area contributed by atoms with Crippen LogP contribution in [0, 0.1) is 11.8 Å². The van der Waals surface area contributed by atoms with Gasteiger partial charge in [0, 0.05) is 5.92 Å². The van der Waals surface area contributed by atoms with Crippen LogP contribution >= 0.6 is 0 Å². The fourth-order valence-electron chi connectivity index (χ4n) is 2.02. The molecule has 1 N–H and O–H groups in total. The van der Waals surface area contributed by atoms with Crippen LogP contribution in [0.25, 0.3) is 0 Å². The van der Waals surface area contributed by atoms with E-state index in [-0.39, 0.29) is 18.0 Å². The third-order valence-electron chi connectivity index (χ3n) is 2.67. The minimum absolute atomic E-state index is 0.117. The van der Waals surface area contributed by atoms with Crippen molar-refractivity contribution in [1.82, 2.24) is 0 Å². The largest absolute Gasteiger partial charge is 0.481 e. The van der Waals surface area contributed by atoms with Crippen molar-refractivity contribution in [2.45, 2.75) is 32.6 Å². The van der Waals surface area contributed by atoms with E-state index in [2.05, 4.69) is 0 Å². The van der Waals surface area contributed by atoms with E-state index in [4.69, 9.17) is 5.11 Å². The Labute approximate surface area is 82.3 Å². The molecule has 14 heavy (non-hydrogen) atoms. The number of carboxylic acids is 1. The summed E-state index contributed by atoms with van der Waals surface area (Å²) in [5.41, 5.74) is 0. The van der Waals surface area contributed by atoms with Gasteiger partial charge in [-0.1, -0.05) is 6.42 Å². The Balaban J connectivity index is 2.62. The van der Waals surface area contributed by atoms with Gasteiger partial charge in [-0.3, -0.25) is 14.4 Å². The molecule has 1 aliphatic rings. The average molecular weight is 198 g/mol. The lowest BCUT2D eigenvalue weighted by molar-refractivity contribution is -0.146. The van der Waals surface area contributed by atoms with Gasteiger partial charge in [-0.15, -0.1) is 0 Å². The number of aliphatic carboxylic acids is 1. The lowest BCUT2D eigenvalue weighted by Crippen LogP contribution is -2.26. The lowest BCUT2D eigenvalue weighted by Gasteiger charge is -2.13. The number of carbonyl (C=O) groups excluding carboxylic acids is 2. The van der Waals surface area contributed by atoms with Crippen LogP contribution in [0.5, 0.6) is 0 Å². The van der Waals surface area contributed by atoms with E-state index in [0.29, 0.717) is 12.8 Å². The molecule has 1 aliphatic carbocycles. The van der Waals surface area contributed by atoms with Crippen LogP contribution in [0.15, 0.2) is 0 Å². The summed E-state index contributed by atoms with van der Waals surface area (Å²) in [5.74, 6) is -2.31. The van der Waals surface area contributed by atoms with Crippen molar-refractivity contribution in [3.63, 3.8) is 0 Å². The van der Waals surface area contributed by atoms with E-state index < -0.39 is 17.8 Å². The van der Waals surface area contributed by atoms with Crippen molar-refractivity contribution in [1.29, 1.82) is 0 Å². The maximum absolute atomic E-state index is 11.5. The maximum Gasteiger partial charge on any atom is 0.307 e. The third-order valence-corrected chi connectivity index (χ3v) is 2.67. The van der Waals surface area contributed by atoms with E-state index in [1.165, 1.54) is 6.92 Å². The van der Waals surface area contributed by atoms with Crippen molar-refractivity contribution >= 4 is 17.5 Å². The fraction of sp³-hybridized carbons (Fsp3) is 0.700. The quantitative estimate of drug-likeness (QED) is 0.685. The first-order valence-electron chi connectivity index (χ1n) is 4.77. The van der Waals surface area contributed by atoms with Gasteiger partial charge in [0.15, 0.2) is 0 Å². The zero-order valence-electron chi connectivity index (χ0n) is 8.16. The molecule has 0 aromatic heterocycles. The predicted molar refractivity (Wildman–Crippen MR) is 48.8 cm³/mol. The van der Waals surface area contributed by atoms with Crippen molar-refractivity contribution in [3.8, 4) is 0 Å². The first kappa shape index (κ1) is 10.9. The molecular formula is C10H14O4. The highest BCUT2D eigenvalue weighted by molar-refractivity contribution is 6.00. The number of carbonyl (C=O) groups is 3. The second kappa shape index (κ2) is 4.35. The number of rotatable bonds is 4. The Morgan fingerprint density at radius 1 is 1.21 bits per heavy atom. The summed E-state index contributed by atoms with van der Waals surface area (Å²) in [6, 6.07) is 0. The van der Waals surface area contributed by atoms with Gasteiger partial charge < -0.3 is 5.11 Å². The standard InChI is InChI=1S/C10H14O4/c1-6(11)5-9(12)7-3-2-4-8(7)10(13)14/h7-8H,2-5H2,1H3,(H,13,14). The Morgan fingerprint density at radius 2 is 1.79 bits per heavy atom. The summed E-state index contributed by atoms with van der Waals surface area (Å²) < 4.78 is 0. The average Bonchev–Trinajstić information content (AvgIpc) is 2.49. The first-order chi connectivity index (χ1) is 6.52. The molecule has 0 bridgehead atoms. The Hall–Kier alpha value is -1.19. The summed E-state index contributed by atoms with van der Waals surface area (Å²) in [4.78, 5) is 33.0. The molecule has 1 fully saturated rings. The summed E-state index contributed by atoms with van der Waals surface area (Å²) in [6.07, 6.45) is 1.83. The molecule has 2 atom stereocenters. The van der Waals surface area contributed by atoms with Gasteiger partial charge in [0.2, 0.25) is 0 Å². The fourth-order valence-corrected chi connectivity index (χ4v) is 2.02. The number of ketones is 2. The first-order valence-corrected chi connectivity index (χ1v) is 4.77. The lowest BCUT2D eigenvalue weighted by atomic mass is 9.90. The summed E-state index contributed by atoms with van der Waals surface area (Å²) in [7, 11) is 0. The Bertz CT molecular complexity index is 269. The molecule has 4 nitrogen and oxygen atoms in total. The second-order valence-corrected chi connectivity index (χ2v) is 3.83. The summed E-state index contributed by atoms with van der Waals surface area (Å²) in [6.45, 7) is 1.35. The minimum Gasteiger partial charge on any atom is -0.481 e. The molecule has 0 aromatic carbocycles. The maximum atomic E-state index is 11.5. The molecule has 0 saturated heterocycles. The highest BCUT2D eigenvalue weighted by Gasteiger charge is 2.37. The van der Waals surface area contributed by atoms with E-state index >= 15 is 0 Å². The van der Waals surface area contributed by atoms with Gasteiger partial charge in [-0.05, 0) is 19.8 Å². The van der Waals surface area contributed by atoms with Crippen molar-refractivity contribution in [3.05, 3.63) is 0 Å². The molecule has 78 valence electrons. The van der Waals surface area contributed by atoms with Crippen LogP contribution in [0.3, 0.4) is 0 Å². The van der Waals surface area contributed by atoms with Crippen molar-refractivity contribution in [2.75, 3.05) is 0 Å².